The fourth-order valence-corrected chi connectivity index (χ4v) is 2.36. The van der Waals surface area contributed by atoms with E-state index in [1.54, 1.807) is 0 Å². The molecule has 0 unspecified atom stereocenters. The molecule has 3 N–H and O–H groups in total. The Morgan fingerprint density at radius 3 is 2.50 bits per heavy atom. The molecule has 1 atom stereocenters. The molecule has 0 aliphatic carbocycles. The van der Waals surface area contributed by atoms with Gasteiger partial charge in [0.25, 0.3) is 11.8 Å². The maximum absolute atomic E-state index is 12.3. The molecule has 22 heavy (non-hydrogen) atoms. The number of imide groups is 2. The summed E-state index contributed by atoms with van der Waals surface area (Å²) in [6.07, 6.45) is 3.12. The Morgan fingerprint density at radius 1 is 1.23 bits per heavy atom. The van der Waals surface area contributed by atoms with Gasteiger partial charge in [0.1, 0.15) is 6.54 Å². The zero-order valence-corrected chi connectivity index (χ0v) is 13.8. The Balaban J connectivity index is 2.61. The fraction of sp³-hybridized carbons (Fsp3) is 0.733. The SMILES string of the molecule is CCCCN1C(=O)NC(=O)[C@@H](C=[NH+]CC[NH+](CC)CC)C1=O. The number of carbonyl (C=O) groups is 3. The summed E-state index contributed by atoms with van der Waals surface area (Å²) in [5, 5.41) is 2.24. The van der Waals surface area contributed by atoms with Crippen LogP contribution in [0, 0.1) is 5.92 Å². The number of barbiturate groups is 1. The molecule has 0 aromatic heterocycles. The lowest BCUT2D eigenvalue weighted by atomic mass is 10.1. The van der Waals surface area contributed by atoms with Crippen molar-refractivity contribution >= 4 is 24.1 Å². The Bertz CT molecular complexity index is 433. The maximum atomic E-state index is 12.3. The minimum Gasteiger partial charge on any atom is -0.330 e. The lowest BCUT2D eigenvalue weighted by Crippen LogP contribution is -3.13. The largest absolute Gasteiger partial charge is 0.330 e. The zero-order valence-electron chi connectivity index (χ0n) is 13.8. The first-order valence-electron chi connectivity index (χ1n) is 8.11. The highest BCUT2D eigenvalue weighted by Gasteiger charge is 2.40. The summed E-state index contributed by atoms with van der Waals surface area (Å²) in [5.74, 6) is -1.92. The summed E-state index contributed by atoms with van der Waals surface area (Å²) in [6, 6.07) is -0.610. The molecule has 1 aliphatic rings. The van der Waals surface area contributed by atoms with Gasteiger partial charge in [-0.2, -0.15) is 0 Å². The van der Waals surface area contributed by atoms with Crippen molar-refractivity contribution < 1.29 is 24.3 Å². The maximum Gasteiger partial charge on any atom is 0.330 e. The van der Waals surface area contributed by atoms with Crippen LogP contribution in [0.1, 0.15) is 33.6 Å². The summed E-state index contributed by atoms with van der Waals surface area (Å²) >= 11 is 0. The molecular weight excluding hydrogens is 284 g/mol. The average Bonchev–Trinajstić information content (AvgIpc) is 2.50. The number of hydrogen-bond acceptors (Lipinski definition) is 3. The number of unbranched alkanes of at least 4 members (excludes halogenated alkanes) is 1. The fourth-order valence-electron chi connectivity index (χ4n) is 2.36. The molecule has 7 nitrogen and oxygen atoms in total. The summed E-state index contributed by atoms with van der Waals surface area (Å²) in [6.45, 7) is 10.3. The van der Waals surface area contributed by atoms with E-state index in [-0.39, 0.29) is 0 Å². The van der Waals surface area contributed by atoms with Gasteiger partial charge >= 0.3 is 6.03 Å². The van der Waals surface area contributed by atoms with Crippen LogP contribution in [-0.2, 0) is 9.59 Å². The monoisotopic (exact) mass is 312 g/mol. The second-order valence-corrected chi connectivity index (χ2v) is 5.44. The van der Waals surface area contributed by atoms with E-state index in [1.165, 1.54) is 11.1 Å². The standard InChI is InChI=1S/C15H26N4O3/c1-4-7-9-19-14(21)12(13(20)17-15(19)22)11-16-8-10-18(5-2)6-3/h11-12H,4-10H2,1-3H3,(H,17,20,22)/p+2/t12-/m1/s1. The van der Waals surface area contributed by atoms with E-state index in [4.69, 9.17) is 0 Å². The Kier molecular flexibility index (Phi) is 7.73. The highest BCUT2D eigenvalue weighted by Crippen LogP contribution is 2.09. The van der Waals surface area contributed by atoms with Gasteiger partial charge in [0, 0.05) is 6.54 Å². The molecule has 0 bridgehead atoms. The highest BCUT2D eigenvalue weighted by atomic mass is 16.2. The second-order valence-electron chi connectivity index (χ2n) is 5.44. The second kappa shape index (κ2) is 9.30. The van der Waals surface area contributed by atoms with E-state index in [1.807, 2.05) is 6.92 Å². The van der Waals surface area contributed by atoms with Crippen molar-refractivity contribution in [1.82, 2.24) is 10.2 Å². The van der Waals surface area contributed by atoms with E-state index in [0.29, 0.717) is 13.1 Å². The van der Waals surface area contributed by atoms with Crippen LogP contribution in [0.3, 0.4) is 0 Å². The molecule has 1 saturated heterocycles. The molecule has 4 amide bonds. The number of nitrogens with one attached hydrogen (secondary N) is 3. The quantitative estimate of drug-likeness (QED) is 0.327. The summed E-state index contributed by atoms with van der Waals surface area (Å²) < 4.78 is 0. The minimum atomic E-state index is -0.929. The third kappa shape index (κ3) is 4.91. The topological polar surface area (TPSA) is 84.9 Å². The van der Waals surface area contributed by atoms with Crippen LogP contribution in [0.5, 0.6) is 0 Å². The van der Waals surface area contributed by atoms with Crippen molar-refractivity contribution in [2.24, 2.45) is 5.92 Å². The van der Waals surface area contributed by atoms with E-state index in [2.05, 4.69) is 24.2 Å². The number of rotatable bonds is 9. The zero-order chi connectivity index (χ0) is 16.5. The predicted octanol–water partition coefficient (Wildman–Crippen LogP) is -2.44. The molecule has 0 radical (unpaired) electrons. The van der Waals surface area contributed by atoms with E-state index >= 15 is 0 Å². The summed E-state index contributed by atoms with van der Waals surface area (Å²) in [7, 11) is 0. The van der Waals surface area contributed by atoms with Gasteiger partial charge in [-0.25, -0.2) is 9.79 Å². The lowest BCUT2D eigenvalue weighted by molar-refractivity contribution is -0.902. The molecular formula is C15H28N4O3+2. The Morgan fingerprint density at radius 2 is 1.91 bits per heavy atom. The van der Waals surface area contributed by atoms with Crippen LogP contribution in [0.4, 0.5) is 4.79 Å². The van der Waals surface area contributed by atoms with Crippen molar-refractivity contribution in [3.05, 3.63) is 0 Å². The van der Waals surface area contributed by atoms with Gasteiger partial charge in [-0.05, 0) is 20.3 Å². The molecule has 7 heteroatoms. The molecule has 0 aromatic rings. The minimum absolute atomic E-state index is 0.350. The Labute approximate surface area is 131 Å². The van der Waals surface area contributed by atoms with Crippen LogP contribution in [0.15, 0.2) is 0 Å². The van der Waals surface area contributed by atoms with Gasteiger partial charge in [-0.15, -0.1) is 0 Å². The number of nitrogens with zero attached hydrogens (tertiary/aromatic N) is 1. The van der Waals surface area contributed by atoms with Crippen molar-refractivity contribution in [3.63, 3.8) is 0 Å². The van der Waals surface area contributed by atoms with Crippen LogP contribution in [0.25, 0.3) is 0 Å². The molecule has 1 aliphatic heterocycles. The van der Waals surface area contributed by atoms with Gasteiger partial charge in [0.05, 0.1) is 13.1 Å². The van der Waals surface area contributed by atoms with Crippen LogP contribution < -0.4 is 15.2 Å². The van der Waals surface area contributed by atoms with Gasteiger partial charge in [0.15, 0.2) is 18.7 Å². The van der Waals surface area contributed by atoms with Crippen molar-refractivity contribution in [3.8, 4) is 0 Å². The normalized spacial score (nSPS) is 19.4. The smallest absolute Gasteiger partial charge is 0.330 e. The van der Waals surface area contributed by atoms with Crippen LogP contribution >= 0.6 is 0 Å². The Hall–Kier alpha value is -1.76. The number of hydrogen-bond donors (Lipinski definition) is 3. The number of quaternary nitrogens is 1. The first-order valence-corrected chi connectivity index (χ1v) is 8.11. The number of urea groups is 1. The average molecular weight is 312 g/mol. The number of likely N-dealkylation sites (N-methyl/N-ethyl adjacent to an activating group) is 1. The first-order chi connectivity index (χ1) is 10.5. The molecule has 124 valence electrons. The lowest BCUT2D eigenvalue weighted by Gasteiger charge is -2.27. The van der Waals surface area contributed by atoms with E-state index in [0.717, 1.165) is 37.4 Å². The predicted molar refractivity (Wildman–Crippen MR) is 82.5 cm³/mol. The number of carbonyl (C=O) groups excluding carboxylic acids is 3. The van der Waals surface area contributed by atoms with Gasteiger partial charge in [-0.1, -0.05) is 13.3 Å². The van der Waals surface area contributed by atoms with Crippen molar-refractivity contribution in [1.29, 1.82) is 0 Å². The molecule has 1 rings (SSSR count). The third-order valence-electron chi connectivity index (χ3n) is 3.93. The van der Waals surface area contributed by atoms with E-state index in [9.17, 15) is 14.4 Å². The van der Waals surface area contributed by atoms with Crippen molar-refractivity contribution in [2.45, 2.75) is 33.6 Å². The number of amides is 4. The molecule has 0 aromatic carbocycles. The van der Waals surface area contributed by atoms with Gasteiger partial charge in [-0.3, -0.25) is 19.8 Å². The summed E-state index contributed by atoms with van der Waals surface area (Å²) in [4.78, 5) is 41.4. The van der Waals surface area contributed by atoms with E-state index < -0.39 is 23.8 Å². The first kappa shape index (κ1) is 18.3. The molecule has 1 fully saturated rings. The van der Waals surface area contributed by atoms with Crippen molar-refractivity contribution in [2.75, 3.05) is 32.7 Å². The molecule has 1 heterocycles. The van der Waals surface area contributed by atoms with Gasteiger partial charge in [0.2, 0.25) is 0 Å². The molecule has 0 spiro atoms. The van der Waals surface area contributed by atoms with Crippen LogP contribution in [0.2, 0.25) is 0 Å². The summed E-state index contributed by atoms with van der Waals surface area (Å²) in [5.41, 5.74) is 0. The van der Waals surface area contributed by atoms with Crippen LogP contribution in [-0.4, -0.2) is 61.7 Å². The van der Waals surface area contributed by atoms with Gasteiger partial charge < -0.3 is 4.90 Å². The highest BCUT2D eigenvalue weighted by molar-refractivity contribution is 6.22. The third-order valence-corrected chi connectivity index (χ3v) is 3.93. The molecule has 0 saturated carbocycles.